The van der Waals surface area contributed by atoms with Gasteiger partial charge < -0.3 is 23.7 Å². The first-order valence-electron chi connectivity index (χ1n) is 9.63. The number of benzene rings is 2. The highest BCUT2D eigenvalue weighted by atomic mass is 16.6. The van der Waals surface area contributed by atoms with Gasteiger partial charge in [-0.3, -0.25) is 0 Å². The highest BCUT2D eigenvalue weighted by Gasteiger charge is 2.40. The van der Waals surface area contributed by atoms with Crippen molar-refractivity contribution >= 4 is 0 Å². The van der Waals surface area contributed by atoms with Gasteiger partial charge in [0.15, 0.2) is 0 Å². The minimum Gasteiger partial charge on any atom is -0.493 e. The molecule has 2 fully saturated rings. The average Bonchev–Trinajstić information content (AvgIpc) is 3.61. The highest BCUT2D eigenvalue weighted by Crippen LogP contribution is 2.27. The van der Waals surface area contributed by atoms with Gasteiger partial charge in [-0.2, -0.15) is 0 Å². The van der Waals surface area contributed by atoms with E-state index in [0.29, 0.717) is 13.2 Å². The summed E-state index contributed by atoms with van der Waals surface area (Å²) < 4.78 is 29.0. The summed E-state index contributed by atoms with van der Waals surface area (Å²) in [6, 6.07) is 19.7. The molecule has 2 saturated heterocycles. The molecule has 0 aliphatic carbocycles. The molecule has 0 saturated carbocycles. The Morgan fingerprint density at radius 3 is 1.48 bits per heavy atom. The van der Waals surface area contributed by atoms with Crippen LogP contribution >= 0.6 is 0 Å². The van der Waals surface area contributed by atoms with Crippen LogP contribution in [-0.4, -0.2) is 50.8 Å². The Morgan fingerprint density at radius 2 is 1.11 bits per heavy atom. The van der Waals surface area contributed by atoms with Crippen molar-refractivity contribution in [2.24, 2.45) is 0 Å². The molecule has 0 aromatic heterocycles. The number of hydrogen-bond donors (Lipinski definition) is 0. The zero-order valence-corrected chi connectivity index (χ0v) is 15.4. The summed E-state index contributed by atoms with van der Waals surface area (Å²) in [6.07, 6.45) is 1.98. The van der Waals surface area contributed by atoms with E-state index >= 15 is 0 Å². The van der Waals surface area contributed by atoms with Crippen molar-refractivity contribution in [3.8, 4) is 11.5 Å². The predicted octanol–water partition coefficient (Wildman–Crippen LogP) is 3.48. The van der Waals surface area contributed by atoms with Crippen molar-refractivity contribution in [3.63, 3.8) is 0 Å². The first kappa shape index (κ1) is 18.3. The second-order valence-electron chi connectivity index (χ2n) is 6.86. The monoisotopic (exact) mass is 370 g/mol. The first-order chi connectivity index (χ1) is 13.4. The zero-order valence-electron chi connectivity index (χ0n) is 15.4. The topological polar surface area (TPSA) is 52.8 Å². The molecule has 2 aromatic carbocycles. The molecule has 2 heterocycles. The fraction of sp³-hybridized carbons (Fsp3) is 0.455. The molecule has 0 amide bonds. The number of ether oxygens (including phenoxy) is 5. The maximum atomic E-state index is 6.36. The van der Waals surface area contributed by atoms with Crippen molar-refractivity contribution in [2.45, 2.75) is 37.3 Å². The van der Waals surface area contributed by atoms with Crippen LogP contribution in [0.4, 0.5) is 0 Å². The summed E-state index contributed by atoms with van der Waals surface area (Å²) >= 11 is 0. The molecule has 2 aliphatic rings. The number of para-hydroxylation sites is 2. The van der Waals surface area contributed by atoms with Crippen molar-refractivity contribution in [1.82, 2.24) is 0 Å². The third kappa shape index (κ3) is 5.96. The van der Waals surface area contributed by atoms with Crippen molar-refractivity contribution < 1.29 is 23.7 Å². The molecular weight excluding hydrogens is 344 g/mol. The highest BCUT2D eigenvalue weighted by molar-refractivity contribution is 5.21. The van der Waals surface area contributed by atoms with Gasteiger partial charge in [0.05, 0.1) is 38.6 Å². The lowest BCUT2D eigenvalue weighted by Crippen LogP contribution is -2.32. The lowest BCUT2D eigenvalue weighted by atomic mass is 10.1. The molecule has 0 spiro atoms. The van der Waals surface area contributed by atoms with E-state index in [1.807, 2.05) is 60.7 Å². The Labute approximate surface area is 160 Å². The maximum Gasteiger partial charge on any atom is 0.119 e. The van der Waals surface area contributed by atoms with E-state index in [1.54, 1.807) is 0 Å². The van der Waals surface area contributed by atoms with Gasteiger partial charge in [-0.15, -0.1) is 0 Å². The molecule has 2 aliphatic heterocycles. The predicted molar refractivity (Wildman–Crippen MR) is 101 cm³/mol. The van der Waals surface area contributed by atoms with Crippen molar-refractivity contribution in [1.29, 1.82) is 0 Å². The zero-order chi connectivity index (χ0) is 18.3. The molecule has 5 nitrogen and oxygen atoms in total. The van der Waals surface area contributed by atoms with Crippen LogP contribution in [0.1, 0.15) is 12.8 Å². The van der Waals surface area contributed by atoms with E-state index in [4.69, 9.17) is 23.7 Å². The molecule has 0 bridgehead atoms. The van der Waals surface area contributed by atoms with Gasteiger partial charge in [0.25, 0.3) is 0 Å². The fourth-order valence-electron chi connectivity index (χ4n) is 3.07. The number of epoxide rings is 2. The minimum absolute atomic E-state index is 0.0274. The summed E-state index contributed by atoms with van der Waals surface area (Å²) in [5, 5.41) is 0. The minimum atomic E-state index is 0.0274. The van der Waals surface area contributed by atoms with Gasteiger partial charge in [-0.25, -0.2) is 0 Å². The quantitative estimate of drug-likeness (QED) is 0.536. The van der Waals surface area contributed by atoms with Gasteiger partial charge in [-0.05, 0) is 24.3 Å². The molecule has 27 heavy (non-hydrogen) atoms. The lowest BCUT2D eigenvalue weighted by molar-refractivity contribution is -0.0532. The van der Waals surface area contributed by atoms with Crippen LogP contribution in [0.5, 0.6) is 11.5 Å². The molecule has 4 atom stereocenters. The Balaban J connectivity index is 1.24. The smallest absolute Gasteiger partial charge is 0.119 e. The third-order valence-corrected chi connectivity index (χ3v) is 4.73. The van der Waals surface area contributed by atoms with Crippen LogP contribution in [0.15, 0.2) is 60.7 Å². The van der Waals surface area contributed by atoms with E-state index < -0.39 is 0 Å². The van der Waals surface area contributed by atoms with E-state index in [1.165, 1.54) is 0 Å². The van der Waals surface area contributed by atoms with Crippen LogP contribution < -0.4 is 9.47 Å². The van der Waals surface area contributed by atoms with E-state index in [0.717, 1.165) is 37.6 Å². The van der Waals surface area contributed by atoms with Crippen LogP contribution in [0.3, 0.4) is 0 Å². The van der Waals surface area contributed by atoms with Crippen molar-refractivity contribution in [2.75, 3.05) is 26.4 Å². The normalized spacial score (nSPS) is 22.7. The Bertz CT molecular complexity index is 610. The summed E-state index contributed by atoms with van der Waals surface area (Å²) in [7, 11) is 0. The van der Waals surface area contributed by atoms with Crippen molar-refractivity contribution in [3.05, 3.63) is 60.7 Å². The van der Waals surface area contributed by atoms with Gasteiger partial charge in [-0.1, -0.05) is 36.4 Å². The molecule has 0 radical (unpaired) electrons. The Hall–Kier alpha value is -2.08. The SMILES string of the molecule is c1ccc(OCCC(OC(CCOc2ccccc2)C2CO2)C2CO2)cc1. The van der Waals surface area contributed by atoms with Crippen LogP contribution in [0, 0.1) is 0 Å². The van der Waals surface area contributed by atoms with E-state index in [9.17, 15) is 0 Å². The lowest BCUT2D eigenvalue weighted by Gasteiger charge is -2.23. The second-order valence-corrected chi connectivity index (χ2v) is 6.86. The van der Waals surface area contributed by atoms with Crippen LogP contribution in [0.2, 0.25) is 0 Å². The Morgan fingerprint density at radius 1 is 0.704 bits per heavy atom. The fourth-order valence-corrected chi connectivity index (χ4v) is 3.07. The standard InChI is InChI=1S/C22H26O5/c1-3-7-17(8-4-1)23-13-11-19(21-15-25-21)27-20(22-16-26-22)12-14-24-18-9-5-2-6-10-18/h1-10,19-22H,11-16H2. The second kappa shape index (κ2) is 9.22. The molecule has 144 valence electrons. The largest absolute Gasteiger partial charge is 0.493 e. The molecule has 4 rings (SSSR count). The third-order valence-electron chi connectivity index (χ3n) is 4.73. The van der Waals surface area contributed by atoms with Gasteiger partial charge in [0.2, 0.25) is 0 Å². The Kier molecular flexibility index (Phi) is 6.25. The number of rotatable bonds is 12. The maximum absolute atomic E-state index is 6.36. The first-order valence-corrected chi connectivity index (χ1v) is 9.63. The van der Waals surface area contributed by atoms with Crippen LogP contribution in [0.25, 0.3) is 0 Å². The summed E-state index contributed by atoms with van der Waals surface area (Å²) in [5.74, 6) is 1.76. The van der Waals surface area contributed by atoms with Crippen LogP contribution in [-0.2, 0) is 14.2 Å². The van der Waals surface area contributed by atoms with Gasteiger partial charge in [0, 0.05) is 12.8 Å². The molecule has 2 aromatic rings. The van der Waals surface area contributed by atoms with E-state index in [2.05, 4.69) is 0 Å². The molecule has 5 heteroatoms. The summed E-state index contributed by atoms with van der Waals surface area (Å²) in [5.41, 5.74) is 0. The average molecular weight is 370 g/mol. The molecule has 4 unspecified atom stereocenters. The summed E-state index contributed by atoms with van der Waals surface area (Å²) in [6.45, 7) is 2.73. The van der Waals surface area contributed by atoms with Gasteiger partial charge in [0.1, 0.15) is 23.7 Å². The van der Waals surface area contributed by atoms with E-state index in [-0.39, 0.29) is 24.4 Å². The molecular formula is C22H26O5. The van der Waals surface area contributed by atoms with Gasteiger partial charge >= 0.3 is 0 Å². The number of hydrogen-bond acceptors (Lipinski definition) is 5. The molecule has 0 N–H and O–H groups in total. The summed E-state index contributed by atoms with van der Waals surface area (Å²) in [4.78, 5) is 0.